The molecule has 2 aliphatic heterocycles. The van der Waals surface area contributed by atoms with Gasteiger partial charge in [0.25, 0.3) is 11.6 Å². The van der Waals surface area contributed by atoms with Gasteiger partial charge < -0.3 is 14.7 Å². The summed E-state index contributed by atoms with van der Waals surface area (Å²) in [6.07, 6.45) is 9.14. The second kappa shape index (κ2) is 8.24. The highest BCUT2D eigenvalue weighted by Gasteiger charge is 2.55. The minimum Gasteiger partial charge on any atom is -0.368 e. The minimum absolute atomic E-state index is 0.112. The number of rotatable bonds is 4. The van der Waals surface area contributed by atoms with Gasteiger partial charge in [0.15, 0.2) is 0 Å². The molecule has 0 radical (unpaired) electrons. The van der Waals surface area contributed by atoms with Gasteiger partial charge in [-0.1, -0.05) is 0 Å². The summed E-state index contributed by atoms with van der Waals surface area (Å²) in [6, 6.07) is 4.90. The Hall–Kier alpha value is -2.64. The SMILES string of the molecule is O=C(c1cc(N2CCN(C(=O)C34CC5CC(CC(C5)C3)C4)CC2)ccc1[N+](=O)[O-])N1CCCC1. The van der Waals surface area contributed by atoms with Crippen molar-refractivity contribution in [2.75, 3.05) is 44.2 Å². The molecule has 1 aromatic carbocycles. The molecule has 4 saturated carbocycles. The van der Waals surface area contributed by atoms with Gasteiger partial charge in [-0.3, -0.25) is 19.7 Å². The molecule has 0 atom stereocenters. The molecule has 2 heterocycles. The Morgan fingerprint density at radius 2 is 1.44 bits per heavy atom. The van der Waals surface area contributed by atoms with Crippen LogP contribution in [-0.4, -0.2) is 65.8 Å². The molecule has 34 heavy (non-hydrogen) atoms. The Balaban J connectivity index is 1.16. The molecule has 182 valence electrons. The van der Waals surface area contributed by atoms with Gasteiger partial charge in [-0.05, 0) is 81.3 Å². The summed E-state index contributed by atoms with van der Waals surface area (Å²) in [6.45, 7) is 4.04. The van der Waals surface area contributed by atoms with Crippen LogP contribution in [0.1, 0.15) is 61.7 Å². The smallest absolute Gasteiger partial charge is 0.282 e. The normalized spacial score (nSPS) is 32.4. The molecule has 8 nitrogen and oxygen atoms in total. The number of nitro benzene ring substituents is 1. The molecule has 1 aromatic rings. The molecule has 7 rings (SSSR count). The van der Waals surface area contributed by atoms with Crippen LogP contribution in [0.15, 0.2) is 18.2 Å². The fraction of sp³-hybridized carbons (Fsp3) is 0.692. The van der Waals surface area contributed by atoms with Crippen LogP contribution in [0.4, 0.5) is 11.4 Å². The van der Waals surface area contributed by atoms with Crippen LogP contribution in [0.3, 0.4) is 0 Å². The van der Waals surface area contributed by atoms with Crippen molar-refractivity contribution in [2.45, 2.75) is 51.4 Å². The standard InChI is InChI=1S/C26H34N4O4/c31-24(28-5-1-2-6-28)22-14-21(3-4-23(22)30(33)34)27-7-9-29(10-8-27)25(32)26-15-18-11-19(16-26)13-20(12-18)17-26/h3-4,14,18-20H,1-2,5-13,15-17H2. The first kappa shape index (κ1) is 21.9. The summed E-state index contributed by atoms with van der Waals surface area (Å²) in [4.78, 5) is 43.8. The summed E-state index contributed by atoms with van der Waals surface area (Å²) < 4.78 is 0. The van der Waals surface area contributed by atoms with Gasteiger partial charge in [-0.2, -0.15) is 0 Å². The van der Waals surface area contributed by atoms with Crippen molar-refractivity contribution in [1.29, 1.82) is 0 Å². The zero-order valence-corrected chi connectivity index (χ0v) is 19.8. The maximum Gasteiger partial charge on any atom is 0.282 e. The number of amides is 2. The highest BCUT2D eigenvalue weighted by Crippen LogP contribution is 2.60. The molecule has 6 fully saturated rings. The van der Waals surface area contributed by atoms with Crippen LogP contribution >= 0.6 is 0 Å². The van der Waals surface area contributed by atoms with Gasteiger partial charge in [-0.25, -0.2) is 0 Å². The van der Waals surface area contributed by atoms with Crippen molar-refractivity contribution in [2.24, 2.45) is 23.2 Å². The Kier molecular flexibility index (Phi) is 5.30. The second-order valence-electron chi connectivity index (χ2n) is 11.4. The van der Waals surface area contributed by atoms with Crippen molar-refractivity contribution in [1.82, 2.24) is 9.80 Å². The Bertz CT molecular complexity index is 975. The van der Waals surface area contributed by atoms with Crippen LogP contribution in [0.5, 0.6) is 0 Å². The van der Waals surface area contributed by atoms with Crippen LogP contribution in [-0.2, 0) is 4.79 Å². The zero-order valence-electron chi connectivity index (χ0n) is 19.8. The number of anilines is 1. The summed E-state index contributed by atoms with van der Waals surface area (Å²) in [7, 11) is 0. The monoisotopic (exact) mass is 466 g/mol. The number of likely N-dealkylation sites (tertiary alicyclic amines) is 1. The maximum absolute atomic E-state index is 13.7. The van der Waals surface area contributed by atoms with Crippen LogP contribution < -0.4 is 4.90 Å². The molecule has 4 bridgehead atoms. The van der Waals surface area contributed by atoms with E-state index < -0.39 is 4.92 Å². The lowest BCUT2D eigenvalue weighted by molar-refractivity contribution is -0.385. The van der Waals surface area contributed by atoms with Crippen molar-refractivity contribution in [3.63, 3.8) is 0 Å². The lowest BCUT2D eigenvalue weighted by Crippen LogP contribution is -2.58. The molecule has 8 heteroatoms. The number of nitro groups is 1. The van der Waals surface area contributed by atoms with E-state index in [1.54, 1.807) is 17.0 Å². The van der Waals surface area contributed by atoms with Crippen LogP contribution in [0, 0.1) is 33.3 Å². The van der Waals surface area contributed by atoms with Gasteiger partial charge in [0.05, 0.1) is 10.3 Å². The first-order chi connectivity index (χ1) is 16.4. The summed E-state index contributed by atoms with van der Waals surface area (Å²) in [5.74, 6) is 2.39. The van der Waals surface area contributed by atoms with E-state index in [0.717, 1.165) is 55.5 Å². The molecular weight excluding hydrogens is 432 g/mol. The molecule has 0 unspecified atom stereocenters. The molecule has 2 amide bonds. The van der Waals surface area contributed by atoms with E-state index in [0.29, 0.717) is 45.2 Å². The first-order valence-electron chi connectivity index (χ1n) is 13.0. The fourth-order valence-corrected chi connectivity index (χ4v) is 8.02. The van der Waals surface area contributed by atoms with Crippen LogP contribution in [0.25, 0.3) is 0 Å². The summed E-state index contributed by atoms with van der Waals surface area (Å²) in [5, 5.41) is 11.6. The highest BCUT2D eigenvalue weighted by molar-refractivity contribution is 5.99. The predicted molar refractivity (Wildman–Crippen MR) is 128 cm³/mol. The quantitative estimate of drug-likeness (QED) is 0.499. The third-order valence-corrected chi connectivity index (χ3v) is 9.22. The summed E-state index contributed by atoms with van der Waals surface area (Å²) >= 11 is 0. The van der Waals surface area contributed by atoms with E-state index in [2.05, 4.69) is 9.80 Å². The van der Waals surface area contributed by atoms with E-state index in [9.17, 15) is 19.7 Å². The maximum atomic E-state index is 13.7. The molecule has 2 saturated heterocycles. The number of piperazine rings is 1. The second-order valence-corrected chi connectivity index (χ2v) is 11.4. The molecule has 0 aromatic heterocycles. The van der Waals surface area contributed by atoms with Crippen molar-refractivity contribution in [3.05, 3.63) is 33.9 Å². The third kappa shape index (κ3) is 3.66. The van der Waals surface area contributed by atoms with Crippen molar-refractivity contribution >= 4 is 23.2 Å². The molecule has 0 N–H and O–H groups in total. The Morgan fingerprint density at radius 1 is 0.853 bits per heavy atom. The number of hydrogen-bond acceptors (Lipinski definition) is 5. The van der Waals surface area contributed by atoms with Gasteiger partial charge in [0.1, 0.15) is 5.56 Å². The van der Waals surface area contributed by atoms with Crippen molar-refractivity contribution in [3.8, 4) is 0 Å². The van der Waals surface area contributed by atoms with Gasteiger partial charge >= 0.3 is 0 Å². The highest BCUT2D eigenvalue weighted by atomic mass is 16.6. The van der Waals surface area contributed by atoms with Gasteiger partial charge in [0.2, 0.25) is 5.91 Å². The van der Waals surface area contributed by atoms with Crippen LogP contribution in [0.2, 0.25) is 0 Å². The predicted octanol–water partition coefficient (Wildman–Crippen LogP) is 3.70. The first-order valence-corrected chi connectivity index (χ1v) is 13.0. The molecule has 6 aliphatic rings. The van der Waals surface area contributed by atoms with E-state index in [-0.39, 0.29) is 22.6 Å². The number of carbonyl (C=O) groups excluding carboxylic acids is 2. The fourth-order valence-electron chi connectivity index (χ4n) is 8.02. The van der Waals surface area contributed by atoms with E-state index in [4.69, 9.17) is 0 Å². The minimum atomic E-state index is -0.463. The topological polar surface area (TPSA) is 87.0 Å². The number of benzene rings is 1. The molecule has 0 spiro atoms. The average Bonchev–Trinajstić information content (AvgIpc) is 3.37. The van der Waals surface area contributed by atoms with E-state index in [1.165, 1.54) is 25.3 Å². The van der Waals surface area contributed by atoms with Crippen molar-refractivity contribution < 1.29 is 14.5 Å². The largest absolute Gasteiger partial charge is 0.368 e. The number of nitrogens with zero attached hydrogens (tertiary/aromatic N) is 4. The number of carbonyl (C=O) groups is 2. The average molecular weight is 467 g/mol. The van der Waals surface area contributed by atoms with E-state index >= 15 is 0 Å². The number of hydrogen-bond donors (Lipinski definition) is 0. The Labute approximate surface area is 200 Å². The lowest BCUT2D eigenvalue weighted by atomic mass is 9.49. The lowest BCUT2D eigenvalue weighted by Gasteiger charge is -2.57. The van der Waals surface area contributed by atoms with E-state index in [1.807, 2.05) is 0 Å². The Morgan fingerprint density at radius 3 is 2.00 bits per heavy atom. The van der Waals surface area contributed by atoms with Gasteiger partial charge in [-0.15, -0.1) is 0 Å². The summed E-state index contributed by atoms with van der Waals surface area (Å²) in [5.41, 5.74) is 0.766. The molecular formula is C26H34N4O4. The zero-order chi connectivity index (χ0) is 23.4. The van der Waals surface area contributed by atoms with Gasteiger partial charge in [0, 0.05) is 51.0 Å². The third-order valence-electron chi connectivity index (χ3n) is 9.22. The molecule has 4 aliphatic carbocycles.